The largest absolute Gasteiger partial charge is 0.370 e. The van der Waals surface area contributed by atoms with E-state index >= 15 is 0 Å². The molecule has 0 aliphatic heterocycles. The number of hydrogen-bond donors (Lipinski definition) is 11. The third-order valence-corrected chi connectivity index (χ3v) is 7.05. The molecule has 0 aromatic heterocycles. The number of nitrogens with zero attached hydrogens (tertiary/aromatic N) is 2. The quantitative estimate of drug-likeness (QED) is 0.0259. The van der Waals surface area contributed by atoms with Gasteiger partial charge in [0.25, 0.3) is 0 Å². The summed E-state index contributed by atoms with van der Waals surface area (Å²) in [6, 6.07) is -4.10. The zero-order chi connectivity index (χ0) is 35.1. The maximum absolute atomic E-state index is 13.5. The lowest BCUT2D eigenvalue weighted by atomic mass is 10.0. The minimum atomic E-state index is -1.08. The molecule has 0 heterocycles. The summed E-state index contributed by atoms with van der Waals surface area (Å²) in [6.45, 7) is 4.57. The number of rotatable bonds is 25. The highest BCUT2D eigenvalue weighted by atomic mass is 16.2. The molecule has 18 heteroatoms. The van der Waals surface area contributed by atoms with Crippen LogP contribution in [0.1, 0.15) is 78.1 Å². The van der Waals surface area contributed by atoms with Crippen LogP contribution >= 0.6 is 0 Å². The first-order chi connectivity index (χ1) is 21.7. The van der Waals surface area contributed by atoms with Gasteiger partial charge in [-0.1, -0.05) is 13.3 Å². The first kappa shape index (κ1) is 41.8. The topological polar surface area (TPSA) is 340 Å². The van der Waals surface area contributed by atoms with Gasteiger partial charge in [0, 0.05) is 19.0 Å². The highest BCUT2D eigenvalue weighted by Gasteiger charge is 2.30. The third kappa shape index (κ3) is 19.3. The van der Waals surface area contributed by atoms with Crippen LogP contribution < -0.4 is 61.4 Å². The number of nitrogens with one attached hydrogen (secondary N) is 4. The predicted octanol–water partition coefficient (Wildman–Crippen LogP) is -3.57. The van der Waals surface area contributed by atoms with Crippen LogP contribution in [0, 0.1) is 5.92 Å². The fourth-order valence-electron chi connectivity index (χ4n) is 4.31. The van der Waals surface area contributed by atoms with Crippen molar-refractivity contribution in [2.75, 3.05) is 26.2 Å². The van der Waals surface area contributed by atoms with Crippen LogP contribution in [0.25, 0.3) is 0 Å². The fourth-order valence-corrected chi connectivity index (χ4v) is 4.31. The zero-order valence-corrected chi connectivity index (χ0v) is 27.3. The van der Waals surface area contributed by atoms with Crippen molar-refractivity contribution < 1.29 is 24.0 Å². The van der Waals surface area contributed by atoms with E-state index < -0.39 is 47.8 Å². The molecule has 5 atom stereocenters. The molecule has 264 valence electrons. The second-order valence-electron chi connectivity index (χ2n) is 11.2. The molecule has 46 heavy (non-hydrogen) atoms. The molecule has 0 spiro atoms. The van der Waals surface area contributed by atoms with Crippen molar-refractivity contribution in [3.05, 3.63) is 0 Å². The SMILES string of the molecule is CC(CCCCN)C(=O)NC(CCCN=C(N)N)C(=O)NC(CCCCN)C(=O)NC(C)C(=O)NC(CCCN=C(N)N)C(N)=O. The van der Waals surface area contributed by atoms with Gasteiger partial charge in [-0.3, -0.25) is 34.0 Å². The molecule has 18 N–H and O–H groups in total. The van der Waals surface area contributed by atoms with Crippen molar-refractivity contribution in [2.45, 2.75) is 102 Å². The van der Waals surface area contributed by atoms with Gasteiger partial charge >= 0.3 is 0 Å². The molecular formula is C28H57N13O5. The molecule has 0 fully saturated rings. The van der Waals surface area contributed by atoms with Crippen molar-refractivity contribution in [1.29, 1.82) is 0 Å². The first-order valence-corrected chi connectivity index (χ1v) is 15.7. The minimum Gasteiger partial charge on any atom is -0.370 e. The Morgan fingerprint density at radius 3 is 1.41 bits per heavy atom. The van der Waals surface area contributed by atoms with Gasteiger partial charge in [-0.15, -0.1) is 0 Å². The Kier molecular flexibility index (Phi) is 21.9. The summed E-state index contributed by atoms with van der Waals surface area (Å²) in [5.74, 6) is -3.49. The number of aliphatic imine (C=N–C) groups is 2. The Bertz CT molecular complexity index is 1020. The lowest BCUT2D eigenvalue weighted by Gasteiger charge is -2.25. The van der Waals surface area contributed by atoms with E-state index in [1.54, 1.807) is 6.92 Å². The average molecular weight is 656 g/mol. The summed E-state index contributed by atoms with van der Waals surface area (Å²) in [4.78, 5) is 72.1. The van der Waals surface area contributed by atoms with Gasteiger partial charge in [-0.2, -0.15) is 0 Å². The number of carbonyl (C=O) groups is 5. The molecule has 0 saturated carbocycles. The fraction of sp³-hybridized carbons (Fsp3) is 0.750. The standard InChI is InChI=1S/C28H57N13O5/c1-17(9-3-5-13-29)23(43)40-21(12-8-16-37-28(34)35)26(46)41-20(10-4-6-14-30)25(45)38-18(2)24(44)39-19(22(31)42)11-7-15-36-27(32)33/h17-21H,3-16,29-30H2,1-2H3,(H2,31,42)(H,38,45)(H,39,44)(H,40,43)(H,41,46)(H4,32,33,36)(H4,34,35,37). The van der Waals surface area contributed by atoms with E-state index in [0.29, 0.717) is 45.2 Å². The first-order valence-electron chi connectivity index (χ1n) is 15.7. The number of primary amides is 1. The lowest BCUT2D eigenvalue weighted by Crippen LogP contribution is -2.57. The molecule has 0 aromatic carbocycles. The molecule has 0 aliphatic rings. The molecule has 0 rings (SSSR count). The number of unbranched alkanes of at least 4 members (excludes halogenated alkanes) is 2. The molecule has 0 aliphatic carbocycles. The molecule has 0 bridgehead atoms. The number of carbonyl (C=O) groups excluding carboxylic acids is 5. The van der Waals surface area contributed by atoms with E-state index in [1.165, 1.54) is 6.92 Å². The van der Waals surface area contributed by atoms with E-state index in [4.69, 9.17) is 40.1 Å². The van der Waals surface area contributed by atoms with Gasteiger partial charge in [0.2, 0.25) is 29.5 Å². The van der Waals surface area contributed by atoms with Crippen molar-refractivity contribution >= 4 is 41.5 Å². The Balaban J connectivity index is 5.62. The minimum absolute atomic E-state index is 0.0959. The number of nitrogens with two attached hydrogens (primary N) is 7. The monoisotopic (exact) mass is 655 g/mol. The Hall–Kier alpha value is -4.19. The summed E-state index contributed by atoms with van der Waals surface area (Å²) in [6.07, 6.45) is 4.60. The van der Waals surface area contributed by atoms with E-state index in [0.717, 1.165) is 12.8 Å². The molecule has 0 saturated heterocycles. The van der Waals surface area contributed by atoms with Crippen molar-refractivity contribution in [2.24, 2.45) is 56.0 Å². The highest BCUT2D eigenvalue weighted by Crippen LogP contribution is 2.10. The van der Waals surface area contributed by atoms with Crippen molar-refractivity contribution in [3.63, 3.8) is 0 Å². The maximum Gasteiger partial charge on any atom is 0.243 e. The number of guanidine groups is 2. The second-order valence-corrected chi connectivity index (χ2v) is 11.2. The van der Waals surface area contributed by atoms with E-state index in [1.807, 2.05) is 0 Å². The molecule has 5 amide bonds. The normalized spacial score (nSPS) is 14.0. The van der Waals surface area contributed by atoms with Gasteiger partial charge in [0.15, 0.2) is 11.9 Å². The summed E-state index contributed by atoms with van der Waals surface area (Å²) < 4.78 is 0. The van der Waals surface area contributed by atoms with Crippen LogP contribution in [-0.4, -0.2) is 91.8 Å². The summed E-state index contributed by atoms with van der Waals surface area (Å²) in [5.41, 5.74) is 38.0. The van der Waals surface area contributed by atoms with Gasteiger partial charge in [0.05, 0.1) is 0 Å². The van der Waals surface area contributed by atoms with Crippen LogP contribution in [0.5, 0.6) is 0 Å². The lowest BCUT2D eigenvalue weighted by molar-refractivity contribution is -0.134. The molecule has 0 radical (unpaired) electrons. The van der Waals surface area contributed by atoms with Gasteiger partial charge in [-0.25, -0.2) is 0 Å². The van der Waals surface area contributed by atoms with Crippen LogP contribution in [0.4, 0.5) is 0 Å². The van der Waals surface area contributed by atoms with E-state index in [2.05, 4.69) is 31.3 Å². The summed E-state index contributed by atoms with van der Waals surface area (Å²) in [7, 11) is 0. The Morgan fingerprint density at radius 1 is 0.522 bits per heavy atom. The molecular weight excluding hydrogens is 598 g/mol. The third-order valence-electron chi connectivity index (χ3n) is 7.05. The van der Waals surface area contributed by atoms with E-state index in [9.17, 15) is 24.0 Å². The smallest absolute Gasteiger partial charge is 0.243 e. The summed E-state index contributed by atoms with van der Waals surface area (Å²) in [5, 5.41) is 10.6. The van der Waals surface area contributed by atoms with Gasteiger partial charge < -0.3 is 61.4 Å². The van der Waals surface area contributed by atoms with Crippen LogP contribution in [0.15, 0.2) is 9.98 Å². The Morgan fingerprint density at radius 2 is 0.935 bits per heavy atom. The van der Waals surface area contributed by atoms with Gasteiger partial charge in [0.1, 0.15) is 24.2 Å². The predicted molar refractivity (Wildman–Crippen MR) is 177 cm³/mol. The van der Waals surface area contributed by atoms with Gasteiger partial charge in [-0.05, 0) is 77.8 Å². The summed E-state index contributed by atoms with van der Waals surface area (Å²) >= 11 is 0. The van der Waals surface area contributed by atoms with Crippen LogP contribution in [0.2, 0.25) is 0 Å². The van der Waals surface area contributed by atoms with Crippen LogP contribution in [-0.2, 0) is 24.0 Å². The second kappa shape index (κ2) is 24.1. The molecule has 18 nitrogen and oxygen atoms in total. The Labute approximate surface area is 271 Å². The van der Waals surface area contributed by atoms with E-state index in [-0.39, 0.29) is 56.1 Å². The van der Waals surface area contributed by atoms with Crippen molar-refractivity contribution in [3.8, 4) is 0 Å². The molecule has 5 unspecified atom stereocenters. The van der Waals surface area contributed by atoms with Crippen LogP contribution in [0.3, 0.4) is 0 Å². The number of hydrogen-bond acceptors (Lipinski definition) is 9. The average Bonchev–Trinajstić information content (AvgIpc) is 2.98. The zero-order valence-electron chi connectivity index (χ0n) is 27.3. The maximum atomic E-state index is 13.5. The number of amides is 5. The highest BCUT2D eigenvalue weighted by molar-refractivity contribution is 5.95. The molecule has 0 aromatic rings. The van der Waals surface area contributed by atoms with Crippen molar-refractivity contribution in [1.82, 2.24) is 21.3 Å².